The fourth-order valence-electron chi connectivity index (χ4n) is 2.41. The fraction of sp³-hybridized carbons (Fsp3) is 0.125. The maximum absolute atomic E-state index is 11.6. The maximum Gasteiger partial charge on any atom is 0.284 e. The van der Waals surface area contributed by atoms with E-state index in [2.05, 4.69) is 17.1 Å². The van der Waals surface area contributed by atoms with Gasteiger partial charge in [0.2, 0.25) is 10.5 Å². The van der Waals surface area contributed by atoms with Crippen LogP contribution in [0.2, 0.25) is 10.0 Å². The molecule has 0 saturated carbocycles. The Kier molecular flexibility index (Phi) is 5.26. The van der Waals surface area contributed by atoms with Crippen molar-refractivity contribution in [1.82, 2.24) is 0 Å². The number of nitro benzene ring substituents is 1. The SMILES string of the molecule is C=Cc1c(Cl)c(Cl)cc(C(C)(O[Si])c2ccccc2)c1[N+](=O)[O-]. The van der Waals surface area contributed by atoms with Crippen LogP contribution in [-0.2, 0) is 10.0 Å². The van der Waals surface area contributed by atoms with Gasteiger partial charge in [0, 0.05) is 0 Å². The third kappa shape index (κ3) is 3.05. The molecule has 0 aliphatic heterocycles. The third-order valence-electron chi connectivity index (χ3n) is 3.66. The van der Waals surface area contributed by atoms with Gasteiger partial charge in [0.15, 0.2) is 0 Å². The van der Waals surface area contributed by atoms with Crippen molar-refractivity contribution in [3.05, 3.63) is 79.8 Å². The molecule has 0 N–H and O–H groups in total. The van der Waals surface area contributed by atoms with Gasteiger partial charge in [-0.05, 0) is 18.6 Å². The van der Waals surface area contributed by atoms with Crippen molar-refractivity contribution in [1.29, 1.82) is 0 Å². The van der Waals surface area contributed by atoms with Gasteiger partial charge in [-0.25, -0.2) is 0 Å². The van der Waals surface area contributed by atoms with Crippen molar-refractivity contribution in [2.24, 2.45) is 0 Å². The minimum Gasteiger partial charge on any atom is -0.405 e. The smallest absolute Gasteiger partial charge is 0.284 e. The molecule has 117 valence electrons. The average molecular weight is 365 g/mol. The highest BCUT2D eigenvalue weighted by Gasteiger charge is 2.37. The summed E-state index contributed by atoms with van der Waals surface area (Å²) in [5, 5.41) is 11.9. The second-order valence-corrected chi connectivity index (χ2v) is 5.93. The molecule has 0 spiro atoms. The Hall–Kier alpha value is -1.66. The Morgan fingerprint density at radius 3 is 2.43 bits per heavy atom. The molecule has 3 radical (unpaired) electrons. The fourth-order valence-corrected chi connectivity index (χ4v) is 3.07. The van der Waals surface area contributed by atoms with Gasteiger partial charge >= 0.3 is 0 Å². The van der Waals surface area contributed by atoms with E-state index in [0.717, 1.165) is 0 Å². The van der Waals surface area contributed by atoms with E-state index in [4.69, 9.17) is 27.6 Å². The summed E-state index contributed by atoms with van der Waals surface area (Å²) in [4.78, 5) is 11.1. The van der Waals surface area contributed by atoms with E-state index < -0.39 is 10.5 Å². The molecule has 2 aromatic rings. The first-order chi connectivity index (χ1) is 10.9. The van der Waals surface area contributed by atoms with Crippen LogP contribution in [0.3, 0.4) is 0 Å². The van der Waals surface area contributed by atoms with E-state index in [1.807, 2.05) is 18.2 Å². The van der Waals surface area contributed by atoms with Gasteiger partial charge in [-0.1, -0.05) is 66.2 Å². The monoisotopic (exact) mass is 364 g/mol. The topological polar surface area (TPSA) is 52.4 Å². The summed E-state index contributed by atoms with van der Waals surface area (Å²) in [7, 11) is 3.05. The highest BCUT2D eigenvalue weighted by Crippen LogP contribution is 2.44. The maximum atomic E-state index is 11.6. The van der Waals surface area contributed by atoms with Crippen LogP contribution in [0, 0.1) is 10.1 Å². The lowest BCUT2D eigenvalue weighted by molar-refractivity contribution is -0.386. The number of nitro groups is 1. The first-order valence-corrected chi connectivity index (χ1v) is 7.72. The number of halogens is 2. The van der Waals surface area contributed by atoms with Gasteiger partial charge in [-0.15, -0.1) is 0 Å². The van der Waals surface area contributed by atoms with Gasteiger partial charge in [0.1, 0.15) is 5.60 Å². The van der Waals surface area contributed by atoms with Crippen LogP contribution in [0.5, 0.6) is 0 Å². The van der Waals surface area contributed by atoms with Gasteiger partial charge in [-0.2, -0.15) is 0 Å². The van der Waals surface area contributed by atoms with Crippen LogP contribution in [0.25, 0.3) is 6.08 Å². The summed E-state index contributed by atoms with van der Waals surface area (Å²) in [5.41, 5.74) is -0.199. The highest BCUT2D eigenvalue weighted by molar-refractivity contribution is 6.43. The van der Waals surface area contributed by atoms with Crippen molar-refractivity contribution >= 4 is 45.5 Å². The molecule has 7 heteroatoms. The second-order valence-electron chi connectivity index (χ2n) is 4.94. The lowest BCUT2D eigenvalue weighted by atomic mass is 9.86. The minimum atomic E-state index is -1.15. The zero-order valence-electron chi connectivity index (χ0n) is 12.2. The summed E-state index contributed by atoms with van der Waals surface area (Å²) in [6.45, 7) is 5.30. The largest absolute Gasteiger partial charge is 0.405 e. The molecule has 0 saturated heterocycles. The van der Waals surface area contributed by atoms with Gasteiger partial charge < -0.3 is 4.43 Å². The Bertz CT molecular complexity index is 768. The number of hydrogen-bond acceptors (Lipinski definition) is 3. The zero-order chi connectivity index (χ0) is 17.2. The van der Waals surface area contributed by atoms with Crippen LogP contribution < -0.4 is 0 Å². The minimum absolute atomic E-state index is 0.0847. The standard InChI is InChI=1S/C16H12Cl2NO3Si/c1-3-11-14(18)13(17)9-12(15(11)19(20)21)16(2,22-23)10-7-5-4-6-8-10/h3-9H,1H2,2H3. The number of hydrogen-bond donors (Lipinski definition) is 0. The zero-order valence-corrected chi connectivity index (χ0v) is 14.7. The van der Waals surface area contributed by atoms with E-state index in [1.54, 1.807) is 19.1 Å². The van der Waals surface area contributed by atoms with Crippen molar-refractivity contribution < 1.29 is 9.35 Å². The van der Waals surface area contributed by atoms with Crippen LogP contribution in [0.4, 0.5) is 5.69 Å². The van der Waals surface area contributed by atoms with Crippen LogP contribution in [-0.4, -0.2) is 15.4 Å². The molecule has 23 heavy (non-hydrogen) atoms. The van der Waals surface area contributed by atoms with E-state index in [1.165, 1.54) is 12.1 Å². The van der Waals surface area contributed by atoms with E-state index in [9.17, 15) is 10.1 Å². The lowest BCUT2D eigenvalue weighted by Crippen LogP contribution is -2.28. The van der Waals surface area contributed by atoms with Crippen LogP contribution in [0.1, 0.15) is 23.6 Å². The number of benzene rings is 2. The van der Waals surface area contributed by atoms with Crippen molar-refractivity contribution in [2.75, 3.05) is 0 Å². The molecule has 1 atom stereocenters. The highest BCUT2D eigenvalue weighted by atomic mass is 35.5. The predicted octanol–water partition coefficient (Wildman–Crippen LogP) is 4.91. The van der Waals surface area contributed by atoms with Crippen LogP contribution in [0.15, 0.2) is 43.0 Å². The Labute approximate surface area is 147 Å². The van der Waals surface area contributed by atoms with Gasteiger partial charge in [0.05, 0.1) is 26.1 Å². The predicted molar refractivity (Wildman–Crippen MR) is 92.9 cm³/mol. The third-order valence-corrected chi connectivity index (χ3v) is 4.87. The molecule has 0 amide bonds. The number of rotatable bonds is 5. The van der Waals surface area contributed by atoms with Gasteiger partial charge in [-0.3, -0.25) is 10.1 Å². The van der Waals surface area contributed by atoms with Crippen molar-refractivity contribution in [3.8, 4) is 0 Å². The second kappa shape index (κ2) is 6.84. The Balaban J connectivity index is 2.88. The van der Waals surface area contributed by atoms with E-state index in [0.29, 0.717) is 5.56 Å². The molecule has 0 bridgehead atoms. The molecular weight excluding hydrogens is 353 g/mol. The molecule has 0 aliphatic rings. The molecule has 0 fully saturated rings. The summed E-state index contributed by atoms with van der Waals surface area (Å²) < 4.78 is 5.46. The molecule has 1 unspecified atom stereocenters. The lowest BCUT2D eigenvalue weighted by Gasteiger charge is -2.30. The Morgan fingerprint density at radius 1 is 1.35 bits per heavy atom. The molecule has 2 aromatic carbocycles. The normalized spacial score (nSPS) is 13.4. The number of nitrogens with zero attached hydrogens (tertiary/aromatic N) is 1. The van der Waals surface area contributed by atoms with Crippen LogP contribution >= 0.6 is 23.2 Å². The molecule has 0 heterocycles. The molecule has 2 rings (SSSR count). The summed E-state index contributed by atoms with van der Waals surface area (Å²) in [5.74, 6) is 0. The van der Waals surface area contributed by atoms with Crippen molar-refractivity contribution in [3.63, 3.8) is 0 Å². The molecule has 4 nitrogen and oxygen atoms in total. The van der Waals surface area contributed by atoms with E-state index >= 15 is 0 Å². The first-order valence-electron chi connectivity index (χ1n) is 6.56. The molecule has 0 aliphatic carbocycles. The summed E-state index contributed by atoms with van der Waals surface area (Å²) >= 11 is 12.2. The van der Waals surface area contributed by atoms with E-state index in [-0.39, 0.29) is 26.9 Å². The van der Waals surface area contributed by atoms with Crippen molar-refractivity contribution in [2.45, 2.75) is 12.5 Å². The summed E-state index contributed by atoms with van der Waals surface area (Å²) in [6.07, 6.45) is 1.31. The summed E-state index contributed by atoms with van der Waals surface area (Å²) in [6, 6.07) is 10.5. The first kappa shape index (κ1) is 17.7. The molecular formula is C16H12Cl2NO3Si. The quantitative estimate of drug-likeness (QED) is 0.430. The van der Waals surface area contributed by atoms with Gasteiger partial charge in [0.25, 0.3) is 5.69 Å². The Morgan fingerprint density at radius 2 is 1.96 bits per heavy atom. The average Bonchev–Trinajstić information content (AvgIpc) is 2.56. The molecule has 0 aromatic heterocycles.